The Morgan fingerprint density at radius 1 is 1.54 bits per heavy atom. The van der Waals surface area contributed by atoms with Gasteiger partial charge in [-0.15, -0.1) is 4.40 Å². The molecule has 1 rings (SSSR count). The second kappa shape index (κ2) is 3.63. The molecule has 0 N–H and O–H groups in total. The maximum atomic E-state index is 11.4. The summed E-state index contributed by atoms with van der Waals surface area (Å²) in [4.78, 5) is 3.76. The van der Waals surface area contributed by atoms with Gasteiger partial charge in [-0.1, -0.05) is 6.92 Å². The van der Waals surface area contributed by atoms with Crippen LogP contribution >= 0.6 is 11.6 Å². The third kappa shape index (κ3) is 2.19. The summed E-state index contributed by atoms with van der Waals surface area (Å²) in [6, 6.07) is 0. The molecule has 0 spiro atoms. The lowest BCUT2D eigenvalue weighted by atomic mass is 10.5. The molecule has 1 heterocycles. The van der Waals surface area contributed by atoms with Crippen molar-refractivity contribution in [3.8, 4) is 0 Å². The summed E-state index contributed by atoms with van der Waals surface area (Å²) in [7, 11) is -3.63. The summed E-state index contributed by atoms with van der Waals surface area (Å²) < 4.78 is 27.1. The van der Waals surface area contributed by atoms with Gasteiger partial charge in [0.2, 0.25) is 5.29 Å². The molecule has 0 aromatic rings. The summed E-state index contributed by atoms with van der Waals surface area (Å²) >= 11 is 5.66. The lowest BCUT2D eigenvalue weighted by Crippen LogP contribution is -2.36. The Kier molecular flexibility index (Phi) is 2.92. The summed E-state index contributed by atoms with van der Waals surface area (Å²) in [6.07, 6.45) is 0.666. The van der Waals surface area contributed by atoms with Gasteiger partial charge in [0, 0.05) is 6.54 Å². The number of nitrogens with zero attached hydrogens (tertiary/aromatic N) is 3. The zero-order valence-electron chi connectivity index (χ0n) is 7.36. The molecule has 0 aliphatic carbocycles. The Hall–Kier alpha value is -0.620. The van der Waals surface area contributed by atoms with Crippen LogP contribution in [-0.2, 0) is 10.2 Å². The first-order chi connectivity index (χ1) is 5.97. The fourth-order valence-corrected chi connectivity index (χ4v) is 2.52. The van der Waals surface area contributed by atoms with E-state index in [0.717, 1.165) is 4.31 Å². The Labute approximate surface area is 82.3 Å². The molecule has 0 saturated heterocycles. The standard InChI is InChI=1S/C6H10ClN3O2S/c1-3-4-10-6(7)8-5(2)9-13(10,11)12/h3-4H2,1-2H3. The summed E-state index contributed by atoms with van der Waals surface area (Å²) in [5.74, 6) is 0.164. The first-order valence-electron chi connectivity index (χ1n) is 3.81. The summed E-state index contributed by atoms with van der Waals surface area (Å²) in [6.45, 7) is 3.65. The quantitative estimate of drug-likeness (QED) is 0.655. The van der Waals surface area contributed by atoms with Crippen molar-refractivity contribution in [2.75, 3.05) is 6.54 Å². The van der Waals surface area contributed by atoms with Crippen molar-refractivity contribution < 1.29 is 8.42 Å². The smallest absolute Gasteiger partial charge is 0.225 e. The van der Waals surface area contributed by atoms with Gasteiger partial charge in [0.25, 0.3) is 0 Å². The molecular formula is C6H10ClN3O2S. The fourth-order valence-electron chi connectivity index (χ4n) is 0.932. The van der Waals surface area contributed by atoms with Crippen LogP contribution in [-0.4, -0.2) is 30.4 Å². The second-order valence-electron chi connectivity index (χ2n) is 2.57. The Bertz CT molecular complexity index is 360. The van der Waals surface area contributed by atoms with Gasteiger partial charge < -0.3 is 0 Å². The van der Waals surface area contributed by atoms with Gasteiger partial charge in [-0.3, -0.25) is 0 Å². The van der Waals surface area contributed by atoms with Crippen LogP contribution in [0, 0.1) is 0 Å². The molecule has 0 bridgehead atoms. The van der Waals surface area contributed by atoms with E-state index in [2.05, 4.69) is 9.39 Å². The molecule has 0 fully saturated rings. The molecule has 0 amide bonds. The van der Waals surface area contributed by atoms with Crippen molar-refractivity contribution in [3.63, 3.8) is 0 Å². The molecule has 0 saturated carbocycles. The van der Waals surface area contributed by atoms with E-state index in [9.17, 15) is 8.42 Å². The molecule has 7 heteroatoms. The average molecular weight is 224 g/mol. The Morgan fingerprint density at radius 2 is 2.15 bits per heavy atom. The number of hydrogen-bond donors (Lipinski definition) is 0. The van der Waals surface area contributed by atoms with Crippen LogP contribution in [0.25, 0.3) is 0 Å². The molecule has 1 aliphatic rings. The van der Waals surface area contributed by atoms with Crippen LogP contribution in [0.2, 0.25) is 0 Å². The van der Waals surface area contributed by atoms with Gasteiger partial charge in [0.1, 0.15) is 5.84 Å². The Balaban J connectivity index is 3.06. The molecule has 13 heavy (non-hydrogen) atoms. The van der Waals surface area contributed by atoms with E-state index in [1.807, 2.05) is 6.92 Å². The highest BCUT2D eigenvalue weighted by molar-refractivity contribution is 7.88. The van der Waals surface area contributed by atoms with Crippen LogP contribution in [0.1, 0.15) is 20.3 Å². The van der Waals surface area contributed by atoms with Crippen LogP contribution in [0.4, 0.5) is 0 Å². The van der Waals surface area contributed by atoms with Crippen molar-refractivity contribution in [2.45, 2.75) is 20.3 Å². The predicted molar refractivity (Wildman–Crippen MR) is 52.3 cm³/mol. The SMILES string of the molecule is CCCN1C(Cl)=NC(C)=NS1(=O)=O. The zero-order valence-corrected chi connectivity index (χ0v) is 8.93. The van der Waals surface area contributed by atoms with Crippen LogP contribution in [0.5, 0.6) is 0 Å². The predicted octanol–water partition coefficient (Wildman–Crippen LogP) is 0.970. The minimum atomic E-state index is -3.63. The van der Waals surface area contributed by atoms with E-state index in [0.29, 0.717) is 13.0 Å². The van der Waals surface area contributed by atoms with Gasteiger partial charge in [-0.05, 0) is 24.9 Å². The van der Waals surface area contributed by atoms with Gasteiger partial charge in [0.15, 0.2) is 0 Å². The molecular weight excluding hydrogens is 214 g/mol. The Morgan fingerprint density at radius 3 is 2.62 bits per heavy atom. The normalized spacial score (nSPS) is 21.0. The van der Waals surface area contributed by atoms with Gasteiger partial charge in [0.05, 0.1) is 0 Å². The van der Waals surface area contributed by atoms with E-state index in [1.54, 1.807) is 0 Å². The minimum Gasteiger partial charge on any atom is -0.225 e. The van der Waals surface area contributed by atoms with Crippen molar-refractivity contribution >= 4 is 32.9 Å². The molecule has 5 nitrogen and oxygen atoms in total. The number of rotatable bonds is 2. The van der Waals surface area contributed by atoms with E-state index >= 15 is 0 Å². The van der Waals surface area contributed by atoms with Crippen molar-refractivity contribution in [1.29, 1.82) is 0 Å². The number of amidine groups is 2. The number of halogens is 1. The van der Waals surface area contributed by atoms with Crippen LogP contribution in [0.3, 0.4) is 0 Å². The van der Waals surface area contributed by atoms with Crippen LogP contribution in [0.15, 0.2) is 9.39 Å². The minimum absolute atomic E-state index is 0.0330. The van der Waals surface area contributed by atoms with Crippen molar-refractivity contribution in [1.82, 2.24) is 4.31 Å². The van der Waals surface area contributed by atoms with E-state index in [-0.39, 0.29) is 11.1 Å². The van der Waals surface area contributed by atoms with Gasteiger partial charge >= 0.3 is 10.2 Å². The zero-order chi connectivity index (χ0) is 10.1. The molecule has 0 radical (unpaired) electrons. The monoisotopic (exact) mass is 223 g/mol. The van der Waals surface area contributed by atoms with Gasteiger partial charge in [-0.25, -0.2) is 9.30 Å². The highest BCUT2D eigenvalue weighted by Gasteiger charge is 2.26. The molecule has 1 aliphatic heterocycles. The molecule has 0 atom stereocenters. The van der Waals surface area contributed by atoms with Gasteiger partial charge in [-0.2, -0.15) is 8.42 Å². The first-order valence-corrected chi connectivity index (χ1v) is 5.58. The third-order valence-electron chi connectivity index (χ3n) is 1.41. The summed E-state index contributed by atoms with van der Waals surface area (Å²) in [5, 5.41) is -0.0330. The van der Waals surface area contributed by atoms with Crippen molar-refractivity contribution in [3.05, 3.63) is 0 Å². The summed E-state index contributed by atoms with van der Waals surface area (Å²) in [5.41, 5.74) is 0. The number of aliphatic imine (C=N–C) groups is 1. The third-order valence-corrected chi connectivity index (χ3v) is 3.21. The van der Waals surface area contributed by atoms with Crippen molar-refractivity contribution in [2.24, 2.45) is 9.39 Å². The maximum absolute atomic E-state index is 11.4. The topological polar surface area (TPSA) is 62.1 Å². The maximum Gasteiger partial charge on any atom is 0.348 e. The molecule has 0 aromatic heterocycles. The van der Waals surface area contributed by atoms with E-state index in [1.165, 1.54) is 6.92 Å². The first kappa shape index (κ1) is 10.5. The fraction of sp³-hybridized carbons (Fsp3) is 0.667. The van der Waals surface area contributed by atoms with Crippen LogP contribution < -0.4 is 0 Å². The molecule has 74 valence electrons. The lowest BCUT2D eigenvalue weighted by Gasteiger charge is -2.21. The van der Waals surface area contributed by atoms with E-state index < -0.39 is 10.2 Å². The molecule has 0 unspecified atom stereocenters. The highest BCUT2D eigenvalue weighted by atomic mass is 35.5. The largest absolute Gasteiger partial charge is 0.348 e. The second-order valence-corrected chi connectivity index (χ2v) is 4.43. The average Bonchev–Trinajstić information content (AvgIpc) is 1.95. The lowest BCUT2D eigenvalue weighted by molar-refractivity contribution is 0.522. The molecule has 0 aromatic carbocycles. The highest BCUT2D eigenvalue weighted by Crippen LogP contribution is 2.13. The van der Waals surface area contributed by atoms with E-state index in [4.69, 9.17) is 11.6 Å². The number of hydrogen-bond acceptors (Lipinski definition) is 3.